The van der Waals surface area contributed by atoms with Gasteiger partial charge < -0.3 is 14.7 Å². The number of aliphatic hydroxyl groups is 1. The van der Waals surface area contributed by atoms with Gasteiger partial charge in [0.25, 0.3) is 5.91 Å². The molecule has 1 unspecified atom stereocenters. The molecule has 0 saturated carbocycles. The Kier molecular flexibility index (Phi) is 5.19. The number of aromatic amines is 1. The zero-order valence-electron chi connectivity index (χ0n) is 16.8. The number of fused-ring (bicyclic) bond motifs is 1. The van der Waals surface area contributed by atoms with Crippen molar-refractivity contribution >= 4 is 16.8 Å². The number of carbonyl (C=O) groups is 1. The summed E-state index contributed by atoms with van der Waals surface area (Å²) in [6.45, 7) is 1.57. The monoisotopic (exact) mass is 418 g/mol. The molecule has 1 aliphatic rings. The van der Waals surface area contributed by atoms with E-state index in [0.717, 1.165) is 22.3 Å². The number of nitrogens with zero attached hydrogens (tertiary/aromatic N) is 5. The Hall–Kier alpha value is -3.56. The first-order valence-corrected chi connectivity index (χ1v) is 10.2. The third-order valence-corrected chi connectivity index (χ3v) is 5.46. The fourth-order valence-electron chi connectivity index (χ4n) is 3.82. The third kappa shape index (κ3) is 3.80. The third-order valence-electron chi connectivity index (χ3n) is 5.46. The van der Waals surface area contributed by atoms with E-state index in [1.165, 1.54) is 0 Å². The number of rotatable bonds is 5. The van der Waals surface area contributed by atoms with Gasteiger partial charge in [-0.25, -0.2) is 4.68 Å². The fraction of sp³-hybridized carbons (Fsp3) is 0.273. The maximum Gasteiger partial charge on any atom is 0.254 e. The van der Waals surface area contributed by atoms with Gasteiger partial charge in [0.15, 0.2) is 0 Å². The lowest BCUT2D eigenvalue weighted by molar-refractivity contribution is -0.0307. The molecule has 5 rings (SSSR count). The molecular formula is C22H22N6O3. The van der Waals surface area contributed by atoms with Crippen molar-refractivity contribution in [2.24, 2.45) is 0 Å². The molecule has 0 bridgehead atoms. The van der Waals surface area contributed by atoms with Crippen molar-refractivity contribution in [1.82, 2.24) is 30.1 Å². The summed E-state index contributed by atoms with van der Waals surface area (Å²) in [5, 5.41) is 26.0. The summed E-state index contributed by atoms with van der Waals surface area (Å²) in [5.41, 5.74) is 3.76. The SMILES string of the molecule is O=C(c1ccc(-n2cc(-c3n[nH]c4ccccc34)nn2)cc1)N1CCOC(CCO)C1. The maximum absolute atomic E-state index is 12.8. The summed E-state index contributed by atoms with van der Waals surface area (Å²) in [4.78, 5) is 14.6. The number of benzene rings is 2. The lowest BCUT2D eigenvalue weighted by atomic mass is 10.1. The molecule has 2 aromatic heterocycles. The van der Waals surface area contributed by atoms with Crippen molar-refractivity contribution in [3.8, 4) is 17.1 Å². The summed E-state index contributed by atoms with van der Waals surface area (Å²) in [6.07, 6.45) is 2.23. The Morgan fingerprint density at radius 3 is 2.87 bits per heavy atom. The summed E-state index contributed by atoms with van der Waals surface area (Å²) < 4.78 is 7.26. The molecule has 31 heavy (non-hydrogen) atoms. The van der Waals surface area contributed by atoms with E-state index in [0.29, 0.717) is 37.4 Å². The normalized spacial score (nSPS) is 16.7. The second kappa shape index (κ2) is 8.29. The lowest BCUT2D eigenvalue weighted by Crippen LogP contribution is -2.45. The van der Waals surface area contributed by atoms with Crippen molar-refractivity contribution in [1.29, 1.82) is 0 Å². The van der Waals surface area contributed by atoms with E-state index in [-0.39, 0.29) is 18.6 Å². The van der Waals surface area contributed by atoms with Crippen LogP contribution in [0.5, 0.6) is 0 Å². The van der Waals surface area contributed by atoms with Crippen LogP contribution in [0.15, 0.2) is 54.7 Å². The number of hydrogen-bond acceptors (Lipinski definition) is 6. The van der Waals surface area contributed by atoms with Crippen LogP contribution in [0.25, 0.3) is 28.0 Å². The van der Waals surface area contributed by atoms with Gasteiger partial charge in [-0.05, 0) is 36.8 Å². The molecule has 0 spiro atoms. The standard InChI is InChI=1S/C22H22N6O3/c29-11-9-17-13-27(10-12-31-17)22(30)15-5-7-16(8-6-15)28-14-20(24-26-28)21-18-3-1-2-4-19(18)23-25-21/h1-8,14,17,29H,9-13H2,(H,23,25). The molecule has 4 aromatic rings. The lowest BCUT2D eigenvalue weighted by Gasteiger charge is -2.32. The summed E-state index contributed by atoms with van der Waals surface area (Å²) >= 11 is 0. The highest BCUT2D eigenvalue weighted by Gasteiger charge is 2.24. The Morgan fingerprint density at radius 2 is 2.03 bits per heavy atom. The van der Waals surface area contributed by atoms with Gasteiger partial charge in [0, 0.05) is 30.6 Å². The van der Waals surface area contributed by atoms with Crippen molar-refractivity contribution in [2.45, 2.75) is 12.5 Å². The molecule has 1 fully saturated rings. The van der Waals surface area contributed by atoms with Gasteiger partial charge in [-0.3, -0.25) is 9.89 Å². The first-order chi connectivity index (χ1) is 15.2. The number of amides is 1. The predicted molar refractivity (Wildman–Crippen MR) is 114 cm³/mol. The van der Waals surface area contributed by atoms with Crippen LogP contribution in [0.3, 0.4) is 0 Å². The quantitative estimate of drug-likeness (QED) is 0.513. The molecule has 3 heterocycles. The van der Waals surface area contributed by atoms with Crippen LogP contribution in [-0.2, 0) is 4.74 Å². The Labute approximate surface area is 178 Å². The molecule has 2 aromatic carbocycles. The van der Waals surface area contributed by atoms with Crippen LogP contribution in [0, 0.1) is 0 Å². The number of carbonyl (C=O) groups excluding carboxylic acids is 1. The number of ether oxygens (including phenoxy) is 1. The number of nitrogens with one attached hydrogen (secondary N) is 1. The smallest absolute Gasteiger partial charge is 0.254 e. The molecule has 1 atom stereocenters. The minimum Gasteiger partial charge on any atom is -0.396 e. The Balaban J connectivity index is 1.33. The number of hydrogen-bond donors (Lipinski definition) is 2. The maximum atomic E-state index is 12.8. The molecule has 1 amide bonds. The number of aliphatic hydroxyl groups excluding tert-OH is 1. The van der Waals surface area contributed by atoms with Crippen LogP contribution in [0.4, 0.5) is 0 Å². The molecule has 0 aliphatic carbocycles. The number of H-pyrrole nitrogens is 1. The average molecular weight is 418 g/mol. The molecule has 1 aliphatic heterocycles. The number of para-hydroxylation sites is 1. The van der Waals surface area contributed by atoms with Crippen molar-refractivity contribution in [2.75, 3.05) is 26.3 Å². The molecular weight excluding hydrogens is 396 g/mol. The van der Waals surface area contributed by atoms with Crippen LogP contribution in [0.1, 0.15) is 16.8 Å². The zero-order valence-corrected chi connectivity index (χ0v) is 16.8. The summed E-state index contributed by atoms with van der Waals surface area (Å²) in [5.74, 6) is -0.0416. The highest BCUT2D eigenvalue weighted by molar-refractivity contribution is 5.94. The van der Waals surface area contributed by atoms with E-state index in [2.05, 4.69) is 20.5 Å². The first-order valence-electron chi connectivity index (χ1n) is 10.2. The molecule has 1 saturated heterocycles. The van der Waals surface area contributed by atoms with Crippen LogP contribution in [-0.4, -0.2) is 73.5 Å². The highest BCUT2D eigenvalue weighted by Crippen LogP contribution is 2.24. The van der Waals surface area contributed by atoms with Crippen molar-refractivity contribution < 1.29 is 14.6 Å². The second-order valence-corrected chi connectivity index (χ2v) is 7.47. The minimum absolute atomic E-state index is 0.0416. The zero-order chi connectivity index (χ0) is 21.2. The van der Waals surface area contributed by atoms with Crippen molar-refractivity contribution in [3.05, 3.63) is 60.3 Å². The van der Waals surface area contributed by atoms with E-state index >= 15 is 0 Å². The number of aromatic nitrogens is 5. The van der Waals surface area contributed by atoms with Crippen LogP contribution < -0.4 is 0 Å². The fourth-order valence-corrected chi connectivity index (χ4v) is 3.82. The molecule has 9 heteroatoms. The predicted octanol–water partition coefficient (Wildman–Crippen LogP) is 2.03. The first kappa shape index (κ1) is 19.4. The second-order valence-electron chi connectivity index (χ2n) is 7.47. The highest BCUT2D eigenvalue weighted by atomic mass is 16.5. The van der Waals surface area contributed by atoms with Crippen molar-refractivity contribution in [3.63, 3.8) is 0 Å². The minimum atomic E-state index is -0.117. The largest absolute Gasteiger partial charge is 0.396 e. The van der Waals surface area contributed by atoms with Gasteiger partial charge in [-0.2, -0.15) is 5.10 Å². The van der Waals surface area contributed by atoms with Gasteiger partial charge in [0.05, 0.1) is 30.1 Å². The molecule has 0 radical (unpaired) electrons. The average Bonchev–Trinajstić information content (AvgIpc) is 3.46. The van der Waals surface area contributed by atoms with E-state index in [1.54, 1.807) is 21.7 Å². The summed E-state index contributed by atoms with van der Waals surface area (Å²) in [6, 6.07) is 15.1. The van der Waals surface area contributed by atoms with E-state index in [4.69, 9.17) is 9.84 Å². The number of morpholine rings is 1. The molecule has 9 nitrogen and oxygen atoms in total. The topological polar surface area (TPSA) is 109 Å². The Bertz CT molecular complexity index is 1200. The Morgan fingerprint density at radius 1 is 1.19 bits per heavy atom. The van der Waals surface area contributed by atoms with Crippen LogP contribution >= 0.6 is 0 Å². The summed E-state index contributed by atoms with van der Waals surface area (Å²) in [7, 11) is 0. The van der Waals surface area contributed by atoms with E-state index in [1.807, 2.05) is 42.6 Å². The van der Waals surface area contributed by atoms with Crippen LogP contribution in [0.2, 0.25) is 0 Å². The van der Waals surface area contributed by atoms with Gasteiger partial charge in [0.1, 0.15) is 11.4 Å². The van der Waals surface area contributed by atoms with Gasteiger partial charge in [0.2, 0.25) is 0 Å². The molecule has 2 N–H and O–H groups in total. The van der Waals surface area contributed by atoms with E-state index < -0.39 is 0 Å². The van der Waals surface area contributed by atoms with E-state index in [9.17, 15) is 4.79 Å². The van der Waals surface area contributed by atoms with Gasteiger partial charge >= 0.3 is 0 Å². The van der Waals surface area contributed by atoms with Gasteiger partial charge in [-0.15, -0.1) is 5.10 Å². The van der Waals surface area contributed by atoms with Gasteiger partial charge in [-0.1, -0.05) is 23.4 Å². The molecule has 158 valence electrons.